The van der Waals surface area contributed by atoms with Crippen LogP contribution in [0.1, 0.15) is 28.4 Å². The van der Waals surface area contributed by atoms with E-state index in [1.807, 2.05) is 26.1 Å². The molecule has 0 unspecified atom stereocenters. The van der Waals surface area contributed by atoms with Crippen LogP contribution < -0.4 is 0 Å². The summed E-state index contributed by atoms with van der Waals surface area (Å²) in [5.41, 5.74) is 5.68. The van der Waals surface area contributed by atoms with Gasteiger partial charge >= 0.3 is 0 Å². The van der Waals surface area contributed by atoms with Gasteiger partial charge in [-0.05, 0) is 52.1 Å². The summed E-state index contributed by atoms with van der Waals surface area (Å²) in [5.74, 6) is 0.896. The molecule has 3 aromatic rings. The highest BCUT2D eigenvalue weighted by molar-refractivity contribution is 5.35. The Balaban J connectivity index is 1.81. The highest BCUT2D eigenvalue weighted by Crippen LogP contribution is 2.19. The van der Waals surface area contributed by atoms with E-state index in [4.69, 9.17) is 4.52 Å². The molecular weight excluding hydrogens is 288 g/mol. The third-order valence-electron chi connectivity index (χ3n) is 4.10. The summed E-state index contributed by atoms with van der Waals surface area (Å²) < 4.78 is 7.50. The predicted octanol–water partition coefficient (Wildman–Crippen LogP) is 3.42. The highest BCUT2D eigenvalue weighted by atomic mass is 16.5. The SMILES string of the molecule is Cc1noc(C)c1CN(C)Cc1ccc(C)n1-c1cccnc1. The van der Waals surface area contributed by atoms with Gasteiger partial charge in [-0.3, -0.25) is 9.88 Å². The maximum atomic E-state index is 5.25. The van der Waals surface area contributed by atoms with Gasteiger partial charge in [0.25, 0.3) is 0 Å². The normalized spacial score (nSPS) is 11.3. The number of hydrogen-bond donors (Lipinski definition) is 0. The smallest absolute Gasteiger partial charge is 0.138 e. The van der Waals surface area contributed by atoms with Crippen LogP contribution in [0.5, 0.6) is 0 Å². The van der Waals surface area contributed by atoms with Crippen molar-refractivity contribution in [3.05, 3.63) is 65.1 Å². The molecule has 0 fully saturated rings. The average Bonchev–Trinajstić information content (AvgIpc) is 3.05. The Morgan fingerprint density at radius 2 is 1.96 bits per heavy atom. The molecule has 120 valence electrons. The first-order valence-corrected chi connectivity index (χ1v) is 7.74. The Morgan fingerprint density at radius 3 is 2.61 bits per heavy atom. The Morgan fingerprint density at radius 1 is 1.13 bits per heavy atom. The summed E-state index contributed by atoms with van der Waals surface area (Å²) in [4.78, 5) is 6.50. The Kier molecular flexibility index (Phi) is 4.30. The molecule has 0 N–H and O–H groups in total. The van der Waals surface area contributed by atoms with E-state index in [0.717, 1.165) is 30.2 Å². The van der Waals surface area contributed by atoms with Crippen LogP contribution in [0.4, 0.5) is 0 Å². The summed E-state index contributed by atoms with van der Waals surface area (Å²) in [6, 6.07) is 8.36. The lowest BCUT2D eigenvalue weighted by atomic mass is 10.2. The van der Waals surface area contributed by atoms with Gasteiger partial charge in [0.1, 0.15) is 5.76 Å². The number of hydrogen-bond acceptors (Lipinski definition) is 4. The molecule has 0 aromatic carbocycles. The van der Waals surface area contributed by atoms with Crippen molar-refractivity contribution < 1.29 is 4.52 Å². The molecule has 3 heterocycles. The molecule has 0 saturated heterocycles. The molecule has 0 atom stereocenters. The van der Waals surface area contributed by atoms with Crippen LogP contribution in [0.25, 0.3) is 5.69 Å². The van der Waals surface area contributed by atoms with E-state index in [0.29, 0.717) is 0 Å². The minimum absolute atomic E-state index is 0.818. The molecule has 5 nitrogen and oxygen atoms in total. The van der Waals surface area contributed by atoms with Crippen LogP contribution >= 0.6 is 0 Å². The second-order valence-corrected chi connectivity index (χ2v) is 5.99. The molecule has 5 heteroatoms. The molecular formula is C18H22N4O. The fourth-order valence-corrected chi connectivity index (χ4v) is 2.90. The first-order chi connectivity index (χ1) is 11.1. The number of rotatable bonds is 5. The van der Waals surface area contributed by atoms with E-state index in [1.54, 1.807) is 6.20 Å². The monoisotopic (exact) mass is 310 g/mol. The molecule has 3 aromatic heterocycles. The fraction of sp³-hybridized carbons (Fsp3) is 0.333. The largest absolute Gasteiger partial charge is 0.361 e. The number of aromatic nitrogens is 3. The Labute approximate surface area is 136 Å². The average molecular weight is 310 g/mol. The number of pyridine rings is 1. The van der Waals surface area contributed by atoms with Crippen LogP contribution in [0.15, 0.2) is 41.2 Å². The van der Waals surface area contributed by atoms with Crippen molar-refractivity contribution in [3.63, 3.8) is 0 Å². The zero-order valence-electron chi connectivity index (χ0n) is 14.1. The summed E-state index contributed by atoms with van der Waals surface area (Å²) in [5, 5.41) is 4.03. The van der Waals surface area contributed by atoms with Crippen LogP contribution in [-0.4, -0.2) is 26.7 Å². The van der Waals surface area contributed by atoms with Crippen LogP contribution in [0.2, 0.25) is 0 Å². The Bertz CT molecular complexity index is 769. The minimum Gasteiger partial charge on any atom is -0.361 e. The lowest BCUT2D eigenvalue weighted by molar-refractivity contribution is 0.309. The topological polar surface area (TPSA) is 47.1 Å². The molecule has 0 aliphatic heterocycles. The summed E-state index contributed by atoms with van der Waals surface area (Å²) >= 11 is 0. The first kappa shape index (κ1) is 15.5. The Hall–Kier alpha value is -2.40. The van der Waals surface area contributed by atoms with Crippen LogP contribution in [0.3, 0.4) is 0 Å². The quantitative estimate of drug-likeness (QED) is 0.724. The van der Waals surface area contributed by atoms with Crippen molar-refractivity contribution in [2.45, 2.75) is 33.9 Å². The maximum Gasteiger partial charge on any atom is 0.138 e. The highest BCUT2D eigenvalue weighted by Gasteiger charge is 2.14. The summed E-state index contributed by atoms with van der Waals surface area (Å²) in [6.07, 6.45) is 3.69. The molecule has 0 aliphatic rings. The molecule has 0 spiro atoms. The van der Waals surface area contributed by atoms with E-state index in [9.17, 15) is 0 Å². The van der Waals surface area contributed by atoms with Gasteiger partial charge in [-0.1, -0.05) is 5.16 Å². The standard InChI is InChI=1S/C18H22N4O/c1-13-7-8-17(22(13)16-6-5-9-19-10-16)11-21(4)12-18-14(2)20-23-15(18)3/h5-10H,11-12H2,1-4H3. The van der Waals surface area contributed by atoms with Crippen molar-refractivity contribution in [1.82, 2.24) is 19.6 Å². The van der Waals surface area contributed by atoms with Gasteiger partial charge in [0.15, 0.2) is 0 Å². The first-order valence-electron chi connectivity index (χ1n) is 7.74. The third-order valence-corrected chi connectivity index (χ3v) is 4.10. The molecule has 23 heavy (non-hydrogen) atoms. The van der Waals surface area contributed by atoms with Gasteiger partial charge in [-0.15, -0.1) is 0 Å². The summed E-state index contributed by atoms with van der Waals surface area (Å²) in [6.45, 7) is 7.73. The van der Waals surface area contributed by atoms with E-state index in [-0.39, 0.29) is 0 Å². The second kappa shape index (κ2) is 6.38. The van der Waals surface area contributed by atoms with Gasteiger partial charge in [-0.2, -0.15) is 0 Å². The molecule has 0 aliphatic carbocycles. The van der Waals surface area contributed by atoms with Crippen LogP contribution in [-0.2, 0) is 13.1 Å². The maximum absolute atomic E-state index is 5.25. The molecule has 0 radical (unpaired) electrons. The third kappa shape index (κ3) is 3.19. The fourth-order valence-electron chi connectivity index (χ4n) is 2.90. The van der Waals surface area contributed by atoms with E-state index in [2.05, 4.69) is 51.8 Å². The molecule has 3 rings (SSSR count). The van der Waals surface area contributed by atoms with Crippen molar-refractivity contribution in [1.29, 1.82) is 0 Å². The van der Waals surface area contributed by atoms with E-state index in [1.165, 1.54) is 17.0 Å². The van der Waals surface area contributed by atoms with Gasteiger partial charge in [-0.25, -0.2) is 0 Å². The van der Waals surface area contributed by atoms with Crippen LogP contribution in [0, 0.1) is 20.8 Å². The number of aryl methyl sites for hydroxylation is 3. The van der Waals surface area contributed by atoms with Crippen molar-refractivity contribution in [2.24, 2.45) is 0 Å². The number of nitrogens with zero attached hydrogens (tertiary/aromatic N) is 4. The second-order valence-electron chi connectivity index (χ2n) is 5.99. The van der Waals surface area contributed by atoms with Crippen molar-refractivity contribution in [3.8, 4) is 5.69 Å². The molecule has 0 amide bonds. The lowest BCUT2D eigenvalue weighted by Gasteiger charge is -2.19. The zero-order valence-corrected chi connectivity index (χ0v) is 14.1. The van der Waals surface area contributed by atoms with Gasteiger partial charge in [0.2, 0.25) is 0 Å². The molecule has 0 bridgehead atoms. The minimum atomic E-state index is 0.818. The van der Waals surface area contributed by atoms with Crippen molar-refractivity contribution >= 4 is 0 Å². The molecule has 0 saturated carbocycles. The van der Waals surface area contributed by atoms with Gasteiger partial charge in [0.05, 0.1) is 17.6 Å². The van der Waals surface area contributed by atoms with E-state index < -0.39 is 0 Å². The summed E-state index contributed by atoms with van der Waals surface area (Å²) in [7, 11) is 2.11. The van der Waals surface area contributed by atoms with Gasteiger partial charge < -0.3 is 9.09 Å². The van der Waals surface area contributed by atoms with E-state index >= 15 is 0 Å². The zero-order chi connectivity index (χ0) is 16.4. The van der Waals surface area contributed by atoms with Crippen molar-refractivity contribution in [2.75, 3.05) is 7.05 Å². The predicted molar refractivity (Wildman–Crippen MR) is 89.4 cm³/mol. The lowest BCUT2D eigenvalue weighted by Crippen LogP contribution is -2.20. The van der Waals surface area contributed by atoms with Gasteiger partial charge in [0, 0.05) is 36.2 Å².